The second-order valence-electron chi connectivity index (χ2n) is 17.2. The fourth-order valence-electron chi connectivity index (χ4n) is 9.81. The molecule has 0 radical (unpaired) electrons. The van der Waals surface area contributed by atoms with Crippen LogP contribution >= 0.6 is 0 Å². The summed E-state index contributed by atoms with van der Waals surface area (Å²) in [7, 11) is 0. The summed E-state index contributed by atoms with van der Waals surface area (Å²) < 4.78 is 6.93. The molecule has 69 heavy (non-hydrogen) atoms. The lowest BCUT2D eigenvalue weighted by atomic mass is 10.1. The molecule has 0 aliphatic carbocycles. The molecular formula is C63H42N6. The Morgan fingerprint density at radius 1 is 0.188 bits per heavy atom. The van der Waals surface area contributed by atoms with Crippen LogP contribution in [0, 0.1) is 0 Å². The van der Waals surface area contributed by atoms with Crippen molar-refractivity contribution in [1.82, 2.24) is 28.7 Å². The van der Waals surface area contributed by atoms with Crippen molar-refractivity contribution in [1.29, 1.82) is 0 Å². The van der Waals surface area contributed by atoms with Gasteiger partial charge in [0.25, 0.3) is 0 Å². The van der Waals surface area contributed by atoms with Crippen LogP contribution < -0.4 is 0 Å². The number of rotatable bonds is 9. The van der Waals surface area contributed by atoms with E-state index in [-0.39, 0.29) is 0 Å². The van der Waals surface area contributed by atoms with E-state index in [1.54, 1.807) is 0 Å². The maximum atomic E-state index is 5.76. The van der Waals surface area contributed by atoms with Crippen molar-refractivity contribution in [3.8, 4) is 84.6 Å². The largest absolute Gasteiger partial charge is 0.290 e. The summed E-state index contributed by atoms with van der Waals surface area (Å²) in [4.78, 5) is 17.3. The number of aromatic nitrogens is 6. The first-order valence-electron chi connectivity index (χ1n) is 23.3. The van der Waals surface area contributed by atoms with E-state index in [9.17, 15) is 0 Å². The molecule has 0 saturated heterocycles. The van der Waals surface area contributed by atoms with Crippen LogP contribution in [0.4, 0.5) is 0 Å². The predicted octanol–water partition coefficient (Wildman–Crippen LogP) is 15.7. The van der Waals surface area contributed by atoms with Crippen LogP contribution in [0.1, 0.15) is 0 Å². The van der Waals surface area contributed by atoms with Gasteiger partial charge in [0.05, 0.1) is 0 Å². The highest BCUT2D eigenvalue weighted by molar-refractivity contribution is 6.22. The minimum absolute atomic E-state index is 0.800. The molecule has 324 valence electrons. The molecule has 13 aromatic rings. The maximum Gasteiger partial charge on any atom is 0.145 e. The van der Waals surface area contributed by atoms with Gasteiger partial charge in [-0.05, 0) is 69.8 Å². The first-order valence-corrected chi connectivity index (χ1v) is 23.3. The zero-order valence-electron chi connectivity index (χ0n) is 37.4. The maximum absolute atomic E-state index is 5.76. The number of hydrogen-bond donors (Lipinski definition) is 0. The highest BCUT2D eigenvalue weighted by atomic mass is 15.2. The molecule has 0 aliphatic rings. The summed E-state index contributed by atoms with van der Waals surface area (Å²) >= 11 is 0. The second kappa shape index (κ2) is 16.8. The summed E-state index contributed by atoms with van der Waals surface area (Å²) in [6, 6.07) is 89.5. The molecule has 3 heterocycles. The summed E-state index contributed by atoms with van der Waals surface area (Å²) in [6.45, 7) is 0. The molecule has 0 bridgehead atoms. The molecule has 0 fully saturated rings. The molecule has 6 nitrogen and oxygen atoms in total. The van der Waals surface area contributed by atoms with Crippen LogP contribution in [0.2, 0.25) is 0 Å². The zero-order valence-corrected chi connectivity index (χ0v) is 37.4. The van der Waals surface area contributed by atoms with Crippen molar-refractivity contribution in [3.63, 3.8) is 0 Å². The Bertz CT molecular complexity index is 3470. The van der Waals surface area contributed by atoms with Gasteiger partial charge >= 0.3 is 0 Å². The van der Waals surface area contributed by atoms with E-state index >= 15 is 0 Å². The number of benzene rings is 10. The summed E-state index contributed by atoms with van der Waals surface area (Å²) in [5.74, 6) is 2.43. The first-order chi connectivity index (χ1) is 34.2. The molecule has 10 aromatic carbocycles. The third-order valence-corrected chi connectivity index (χ3v) is 13.1. The van der Waals surface area contributed by atoms with Gasteiger partial charge in [0.2, 0.25) is 0 Å². The molecule has 13 rings (SSSR count). The van der Waals surface area contributed by atoms with E-state index in [1.807, 2.05) is 0 Å². The normalized spacial score (nSPS) is 11.5. The van der Waals surface area contributed by atoms with Crippen molar-refractivity contribution < 1.29 is 0 Å². The number of fused-ring (bicyclic) bond motifs is 6. The van der Waals surface area contributed by atoms with Gasteiger partial charge in [-0.1, -0.05) is 218 Å². The quantitative estimate of drug-likeness (QED) is 0.145. The Balaban J connectivity index is 1.19. The highest BCUT2D eigenvalue weighted by Crippen LogP contribution is 2.44. The lowest BCUT2D eigenvalue weighted by Gasteiger charge is -2.13. The average molecular weight is 883 g/mol. The number of imidazole rings is 3. The first kappa shape index (κ1) is 39.9. The van der Waals surface area contributed by atoms with Gasteiger partial charge in [-0.3, -0.25) is 13.7 Å². The molecule has 6 heteroatoms. The zero-order chi connectivity index (χ0) is 45.7. The summed E-state index contributed by atoms with van der Waals surface area (Å²) in [6.07, 6.45) is 0. The molecule has 0 unspecified atom stereocenters. The fraction of sp³-hybridized carbons (Fsp3) is 0. The molecule has 0 spiro atoms. The molecule has 0 aliphatic heterocycles. The topological polar surface area (TPSA) is 53.5 Å². The van der Waals surface area contributed by atoms with Crippen molar-refractivity contribution in [2.24, 2.45) is 0 Å². The lowest BCUT2D eigenvalue weighted by Crippen LogP contribution is -2.00. The van der Waals surface area contributed by atoms with Crippen LogP contribution in [0.3, 0.4) is 0 Å². The average Bonchev–Trinajstić information content (AvgIpc) is 4.16. The molecule has 0 N–H and O–H groups in total. The SMILES string of the molecule is c1ccc(-c2ccc(-n3c(-c4ccccc4)nc4c3c3nc(-c5ccccc5)n(-c5ccc(-c6ccccc6)cc5)c3c3nc(-c5ccccc5)n(-c5ccc(-c6ccccc6)cc5)c43)cc2)cc1. The van der Waals surface area contributed by atoms with Crippen molar-refractivity contribution in [2.75, 3.05) is 0 Å². The van der Waals surface area contributed by atoms with Gasteiger partial charge < -0.3 is 0 Å². The summed E-state index contributed by atoms with van der Waals surface area (Å²) in [5.41, 5.74) is 17.8. The van der Waals surface area contributed by atoms with Crippen LogP contribution in [0.25, 0.3) is 118 Å². The van der Waals surface area contributed by atoms with Crippen LogP contribution in [0.5, 0.6) is 0 Å². The van der Waals surface area contributed by atoms with E-state index in [1.165, 1.54) is 0 Å². The minimum Gasteiger partial charge on any atom is -0.290 e. The van der Waals surface area contributed by atoms with E-state index in [0.717, 1.165) is 118 Å². The lowest BCUT2D eigenvalue weighted by molar-refractivity contribution is 1.10. The van der Waals surface area contributed by atoms with Crippen LogP contribution in [-0.4, -0.2) is 28.7 Å². The Morgan fingerprint density at radius 3 is 0.594 bits per heavy atom. The Labute approximate surface area is 399 Å². The van der Waals surface area contributed by atoms with Gasteiger partial charge in [0, 0.05) is 33.8 Å². The van der Waals surface area contributed by atoms with Crippen molar-refractivity contribution >= 4 is 33.1 Å². The Kier molecular flexibility index (Phi) is 9.72. The third kappa shape index (κ3) is 6.93. The van der Waals surface area contributed by atoms with Crippen LogP contribution in [0.15, 0.2) is 255 Å². The molecule has 0 saturated carbocycles. The van der Waals surface area contributed by atoms with Crippen molar-refractivity contribution in [3.05, 3.63) is 255 Å². The molecule has 0 amide bonds. The third-order valence-electron chi connectivity index (χ3n) is 13.1. The smallest absolute Gasteiger partial charge is 0.145 e. The van der Waals surface area contributed by atoms with E-state index in [0.29, 0.717) is 0 Å². The van der Waals surface area contributed by atoms with E-state index < -0.39 is 0 Å². The number of hydrogen-bond acceptors (Lipinski definition) is 3. The van der Waals surface area contributed by atoms with E-state index in [2.05, 4.69) is 268 Å². The van der Waals surface area contributed by atoms with Crippen LogP contribution in [-0.2, 0) is 0 Å². The highest BCUT2D eigenvalue weighted by Gasteiger charge is 2.30. The Hall–Kier alpha value is -9.39. The summed E-state index contributed by atoms with van der Waals surface area (Å²) in [5, 5.41) is 0. The van der Waals surface area contributed by atoms with Gasteiger partial charge in [-0.2, -0.15) is 0 Å². The van der Waals surface area contributed by atoms with Gasteiger partial charge in [0.1, 0.15) is 50.6 Å². The van der Waals surface area contributed by atoms with Gasteiger partial charge in [0.15, 0.2) is 0 Å². The molecule has 0 atom stereocenters. The van der Waals surface area contributed by atoms with Gasteiger partial charge in [-0.15, -0.1) is 0 Å². The molecule has 3 aromatic heterocycles. The second-order valence-corrected chi connectivity index (χ2v) is 17.2. The monoisotopic (exact) mass is 882 g/mol. The predicted molar refractivity (Wildman–Crippen MR) is 283 cm³/mol. The van der Waals surface area contributed by atoms with Crippen molar-refractivity contribution in [2.45, 2.75) is 0 Å². The molecular weight excluding hydrogens is 841 g/mol. The standard InChI is InChI=1S/C63H42N6/c1-7-19-43(20-8-1)46-31-37-52(38-32-46)67-58-55(64-61(67)49-25-13-4-14-26-49)59-57(66-63(51-29-17-6-18-30-51)68(59)53-39-33-47(34-40-53)44-21-9-2-10-22-44)60-56(58)65-62(50-27-15-5-16-28-50)69(60)54-41-35-48(36-42-54)45-23-11-3-12-24-45/h1-42H. The Morgan fingerprint density at radius 2 is 0.377 bits per heavy atom. The fourth-order valence-corrected chi connectivity index (χ4v) is 9.81. The van der Waals surface area contributed by atoms with E-state index in [4.69, 9.17) is 15.0 Å². The minimum atomic E-state index is 0.800. The van der Waals surface area contributed by atoms with Gasteiger partial charge in [-0.25, -0.2) is 15.0 Å². The number of nitrogens with zero attached hydrogens (tertiary/aromatic N) is 6.